The fourth-order valence-corrected chi connectivity index (χ4v) is 5.67. The Labute approximate surface area is 205 Å². The maximum Gasteiger partial charge on any atom is 0.317 e. The average Bonchev–Trinajstić information content (AvgIpc) is 2.78. The Morgan fingerprint density at radius 3 is 2.42 bits per heavy atom. The van der Waals surface area contributed by atoms with Crippen molar-refractivity contribution in [1.29, 1.82) is 0 Å². The zero-order valence-electron chi connectivity index (χ0n) is 19.2. The van der Waals surface area contributed by atoms with Gasteiger partial charge in [-0.15, -0.1) is 0 Å². The Kier molecular flexibility index (Phi) is 7.91. The van der Waals surface area contributed by atoms with Gasteiger partial charge in [-0.1, -0.05) is 29.3 Å². The molecule has 0 radical (unpaired) electrons. The molecule has 0 spiro atoms. The van der Waals surface area contributed by atoms with Gasteiger partial charge in [-0.05, 0) is 56.7 Å². The van der Waals surface area contributed by atoms with Crippen LogP contribution in [0.4, 0.5) is 19.3 Å². The quantitative estimate of drug-likeness (QED) is 0.557. The van der Waals surface area contributed by atoms with Gasteiger partial charge < -0.3 is 15.1 Å². The number of halogens is 4. The normalized spacial score (nSPS) is 26.0. The number of carbonyl (C=O) groups is 1. The number of anilines is 1. The molecule has 0 atom stereocenters. The van der Waals surface area contributed by atoms with Gasteiger partial charge in [-0.3, -0.25) is 4.90 Å². The van der Waals surface area contributed by atoms with Crippen LogP contribution in [0.2, 0.25) is 10.0 Å². The van der Waals surface area contributed by atoms with Gasteiger partial charge in [0.1, 0.15) is 0 Å². The van der Waals surface area contributed by atoms with Crippen LogP contribution in [0.1, 0.15) is 44.9 Å². The molecule has 2 aliphatic carbocycles. The van der Waals surface area contributed by atoms with E-state index in [4.69, 9.17) is 23.2 Å². The van der Waals surface area contributed by atoms with E-state index in [-0.39, 0.29) is 31.0 Å². The SMILES string of the molecule is CN(C(=O)N[C@H]1CC[C@H](CCN2CCN(c3cccc(Cl)c3Cl)CC2)CC1)C1CC(F)(F)C1. The highest BCUT2D eigenvalue weighted by Gasteiger charge is 2.48. The molecular formula is C24H34Cl2F2N4O. The summed E-state index contributed by atoms with van der Waals surface area (Å²) >= 11 is 12.5. The van der Waals surface area contributed by atoms with Crippen molar-refractivity contribution >= 4 is 34.9 Å². The molecule has 1 saturated heterocycles. The van der Waals surface area contributed by atoms with E-state index in [1.165, 1.54) is 11.3 Å². The zero-order chi connectivity index (χ0) is 23.6. The van der Waals surface area contributed by atoms with Crippen molar-refractivity contribution < 1.29 is 13.6 Å². The first-order valence-electron chi connectivity index (χ1n) is 12.0. The molecule has 1 aromatic carbocycles. The standard InChI is InChI=1S/C24H34Cl2F2N4O/c1-30(19-15-24(27,28)16-19)23(33)29-18-7-5-17(6-8-18)9-10-31-11-13-32(14-12-31)21-4-2-3-20(25)22(21)26/h2-4,17-19H,5-16H2,1H3,(H,29,33)/t17-,18-. The van der Waals surface area contributed by atoms with Crippen LogP contribution in [-0.2, 0) is 0 Å². The molecule has 0 aromatic heterocycles. The smallest absolute Gasteiger partial charge is 0.317 e. The van der Waals surface area contributed by atoms with Gasteiger partial charge in [0.05, 0.1) is 15.7 Å². The van der Waals surface area contributed by atoms with E-state index in [0.29, 0.717) is 16.0 Å². The fraction of sp³-hybridized carbons (Fsp3) is 0.708. The van der Waals surface area contributed by atoms with Gasteiger partial charge in [0.15, 0.2) is 0 Å². The predicted octanol–water partition coefficient (Wildman–Crippen LogP) is 5.50. The van der Waals surface area contributed by atoms with Crippen molar-refractivity contribution in [2.45, 2.75) is 63.0 Å². The third-order valence-electron chi connectivity index (χ3n) is 7.61. The summed E-state index contributed by atoms with van der Waals surface area (Å²) in [4.78, 5) is 18.7. The minimum Gasteiger partial charge on any atom is -0.368 e. The monoisotopic (exact) mass is 502 g/mol. The maximum absolute atomic E-state index is 13.1. The van der Waals surface area contributed by atoms with Crippen molar-refractivity contribution in [2.24, 2.45) is 5.92 Å². The topological polar surface area (TPSA) is 38.8 Å². The summed E-state index contributed by atoms with van der Waals surface area (Å²) < 4.78 is 26.1. The minimum absolute atomic E-state index is 0.155. The lowest BCUT2D eigenvalue weighted by molar-refractivity contribution is -0.111. The molecule has 3 aliphatic rings. The maximum atomic E-state index is 13.1. The molecule has 0 unspecified atom stereocenters. The van der Waals surface area contributed by atoms with E-state index in [9.17, 15) is 13.6 Å². The molecule has 2 amide bonds. The van der Waals surface area contributed by atoms with Crippen LogP contribution in [0.5, 0.6) is 0 Å². The molecule has 1 N–H and O–H groups in total. The van der Waals surface area contributed by atoms with Crippen molar-refractivity contribution in [3.8, 4) is 0 Å². The van der Waals surface area contributed by atoms with Crippen LogP contribution in [0.15, 0.2) is 18.2 Å². The van der Waals surface area contributed by atoms with E-state index in [2.05, 4.69) is 15.1 Å². The summed E-state index contributed by atoms with van der Waals surface area (Å²) in [6.45, 7) is 5.01. The van der Waals surface area contributed by atoms with Gasteiger partial charge in [0, 0.05) is 58.2 Å². The zero-order valence-corrected chi connectivity index (χ0v) is 20.7. The first kappa shape index (κ1) is 24.8. The van der Waals surface area contributed by atoms with Crippen LogP contribution < -0.4 is 10.2 Å². The summed E-state index contributed by atoms with van der Waals surface area (Å²) in [5.74, 6) is -1.92. The second kappa shape index (κ2) is 10.5. The number of nitrogens with zero attached hydrogens (tertiary/aromatic N) is 3. The van der Waals surface area contributed by atoms with E-state index in [1.54, 1.807) is 7.05 Å². The Bertz CT molecular complexity index is 819. The number of carbonyl (C=O) groups excluding carboxylic acids is 1. The van der Waals surface area contributed by atoms with Crippen LogP contribution in [-0.4, -0.2) is 73.6 Å². The van der Waals surface area contributed by atoms with Gasteiger partial charge in [-0.25, -0.2) is 13.6 Å². The number of nitrogens with one attached hydrogen (secondary N) is 1. The number of amides is 2. The van der Waals surface area contributed by atoms with E-state index in [1.807, 2.05) is 18.2 Å². The van der Waals surface area contributed by atoms with Crippen molar-refractivity contribution in [3.63, 3.8) is 0 Å². The first-order valence-corrected chi connectivity index (χ1v) is 12.8. The molecule has 5 nitrogen and oxygen atoms in total. The summed E-state index contributed by atoms with van der Waals surface area (Å²) in [6, 6.07) is 5.39. The predicted molar refractivity (Wildman–Crippen MR) is 130 cm³/mol. The number of hydrogen-bond donors (Lipinski definition) is 1. The molecule has 4 rings (SSSR count). The molecule has 3 fully saturated rings. The highest BCUT2D eigenvalue weighted by atomic mass is 35.5. The number of rotatable bonds is 6. The van der Waals surface area contributed by atoms with Gasteiger partial charge >= 0.3 is 6.03 Å². The molecule has 33 heavy (non-hydrogen) atoms. The number of piperazine rings is 1. The number of urea groups is 1. The fourth-order valence-electron chi connectivity index (χ4n) is 5.26. The van der Waals surface area contributed by atoms with E-state index in [0.717, 1.165) is 64.1 Å². The summed E-state index contributed by atoms with van der Waals surface area (Å²) in [5, 5.41) is 4.29. The van der Waals surface area contributed by atoms with Crippen LogP contribution >= 0.6 is 23.2 Å². The van der Waals surface area contributed by atoms with Crippen LogP contribution in [0.3, 0.4) is 0 Å². The van der Waals surface area contributed by atoms with E-state index < -0.39 is 5.92 Å². The molecule has 184 valence electrons. The number of alkyl halides is 2. The highest BCUT2D eigenvalue weighted by molar-refractivity contribution is 6.43. The lowest BCUT2D eigenvalue weighted by Crippen LogP contribution is -2.55. The Morgan fingerprint density at radius 2 is 1.79 bits per heavy atom. The number of benzene rings is 1. The van der Waals surface area contributed by atoms with Gasteiger partial charge in [0.2, 0.25) is 0 Å². The number of hydrogen-bond acceptors (Lipinski definition) is 3. The van der Waals surface area contributed by atoms with Crippen LogP contribution in [0.25, 0.3) is 0 Å². The lowest BCUT2D eigenvalue weighted by atomic mass is 9.84. The van der Waals surface area contributed by atoms with Crippen LogP contribution in [0, 0.1) is 5.92 Å². The minimum atomic E-state index is -2.60. The average molecular weight is 503 g/mol. The molecule has 1 aromatic rings. The highest BCUT2D eigenvalue weighted by Crippen LogP contribution is 2.40. The Balaban J connectivity index is 1.12. The summed E-state index contributed by atoms with van der Waals surface area (Å²) in [6.07, 6.45) is 4.88. The van der Waals surface area contributed by atoms with Crippen molar-refractivity contribution in [3.05, 3.63) is 28.2 Å². The van der Waals surface area contributed by atoms with Gasteiger partial charge in [-0.2, -0.15) is 0 Å². The summed E-state index contributed by atoms with van der Waals surface area (Å²) in [7, 11) is 1.63. The molecule has 9 heteroatoms. The molecular weight excluding hydrogens is 469 g/mol. The molecule has 0 bridgehead atoms. The third-order valence-corrected chi connectivity index (χ3v) is 8.42. The second-order valence-electron chi connectivity index (χ2n) is 9.89. The van der Waals surface area contributed by atoms with Gasteiger partial charge in [0.25, 0.3) is 5.92 Å². The molecule has 1 heterocycles. The molecule has 2 saturated carbocycles. The largest absolute Gasteiger partial charge is 0.368 e. The Morgan fingerprint density at radius 1 is 1.12 bits per heavy atom. The summed E-state index contributed by atoms with van der Waals surface area (Å²) in [5.41, 5.74) is 1.01. The van der Waals surface area contributed by atoms with E-state index >= 15 is 0 Å². The molecule has 1 aliphatic heterocycles. The second-order valence-corrected chi connectivity index (χ2v) is 10.7. The van der Waals surface area contributed by atoms with Crippen molar-refractivity contribution in [1.82, 2.24) is 15.1 Å². The Hall–Kier alpha value is -1.31. The lowest BCUT2D eigenvalue weighted by Gasteiger charge is -2.41. The first-order chi connectivity index (χ1) is 15.7. The van der Waals surface area contributed by atoms with Crippen molar-refractivity contribution in [2.75, 3.05) is 44.7 Å². The third kappa shape index (κ3) is 6.23.